The number of nitrogens with zero attached hydrogens (tertiary/aromatic N) is 2. The van der Waals surface area contributed by atoms with Gasteiger partial charge in [0.05, 0.1) is 0 Å². The number of nitrogens with two attached hydrogens (primary N) is 1. The predicted octanol–water partition coefficient (Wildman–Crippen LogP) is -1.50. The molecule has 0 aromatic carbocycles. The lowest BCUT2D eigenvalue weighted by Crippen LogP contribution is -2.37. The van der Waals surface area contributed by atoms with E-state index in [0.717, 1.165) is 0 Å². The Balaban J connectivity index is 2.38. The number of hydrazone groups is 1. The minimum atomic E-state index is -1.34. The second kappa shape index (κ2) is 2.26. The average Bonchev–Trinajstić information content (AvgIpc) is 2.48. The highest BCUT2D eigenvalue weighted by Crippen LogP contribution is 2.24. The standard InChI is InChI=1S/C5H7N3O4/c6-4-2-3(12-1-11-2)5(9)8(10)7-4/h5,9-10H,1H2,(H2,6,7). The second-order valence-corrected chi connectivity index (χ2v) is 2.28. The van der Waals surface area contributed by atoms with Gasteiger partial charge in [-0.15, -0.1) is 10.3 Å². The van der Waals surface area contributed by atoms with Crippen molar-refractivity contribution < 1.29 is 19.8 Å². The van der Waals surface area contributed by atoms with Gasteiger partial charge in [0.1, 0.15) is 0 Å². The highest BCUT2D eigenvalue weighted by Gasteiger charge is 2.35. The molecule has 66 valence electrons. The first kappa shape index (κ1) is 7.19. The Labute approximate surface area is 67.2 Å². The fourth-order valence-electron chi connectivity index (χ4n) is 0.996. The second-order valence-electron chi connectivity index (χ2n) is 2.28. The number of amidine groups is 1. The summed E-state index contributed by atoms with van der Waals surface area (Å²) < 4.78 is 9.75. The van der Waals surface area contributed by atoms with Crippen LogP contribution in [0, 0.1) is 0 Å². The van der Waals surface area contributed by atoms with Crippen molar-refractivity contribution in [1.82, 2.24) is 5.17 Å². The van der Waals surface area contributed by atoms with Crippen LogP contribution in [-0.4, -0.2) is 34.3 Å². The minimum absolute atomic E-state index is 0.0182. The molecule has 7 nitrogen and oxygen atoms in total. The Morgan fingerprint density at radius 1 is 1.58 bits per heavy atom. The molecule has 0 saturated carbocycles. The lowest BCUT2D eigenvalue weighted by atomic mass is 10.3. The number of hydrogen-bond donors (Lipinski definition) is 3. The van der Waals surface area contributed by atoms with Crippen LogP contribution in [0.3, 0.4) is 0 Å². The molecule has 0 bridgehead atoms. The van der Waals surface area contributed by atoms with E-state index in [-0.39, 0.29) is 24.1 Å². The molecule has 1 atom stereocenters. The zero-order valence-electron chi connectivity index (χ0n) is 5.97. The molecule has 1 unspecified atom stereocenters. The average molecular weight is 173 g/mol. The normalized spacial score (nSPS) is 27.7. The maximum Gasteiger partial charge on any atom is 0.232 e. The van der Waals surface area contributed by atoms with Gasteiger partial charge in [-0.1, -0.05) is 0 Å². The SMILES string of the molecule is NC1=NN(O)C(O)C2=C1OCO2. The third-order valence-corrected chi connectivity index (χ3v) is 1.54. The maximum atomic E-state index is 9.22. The van der Waals surface area contributed by atoms with Crippen LogP contribution in [0.5, 0.6) is 0 Å². The van der Waals surface area contributed by atoms with E-state index in [0.29, 0.717) is 5.17 Å². The fourth-order valence-corrected chi connectivity index (χ4v) is 0.996. The Morgan fingerprint density at radius 3 is 3.08 bits per heavy atom. The molecule has 2 aliphatic rings. The van der Waals surface area contributed by atoms with Crippen LogP contribution in [0.2, 0.25) is 0 Å². The zero-order valence-corrected chi connectivity index (χ0v) is 5.97. The van der Waals surface area contributed by atoms with Gasteiger partial charge in [-0.2, -0.15) is 0 Å². The molecular formula is C5H7N3O4. The third kappa shape index (κ3) is 0.804. The van der Waals surface area contributed by atoms with Crippen LogP contribution in [-0.2, 0) is 9.47 Å². The molecule has 0 spiro atoms. The molecule has 0 aliphatic carbocycles. The van der Waals surface area contributed by atoms with Crippen LogP contribution >= 0.6 is 0 Å². The Kier molecular flexibility index (Phi) is 1.35. The highest BCUT2D eigenvalue weighted by molar-refractivity contribution is 5.96. The molecule has 7 heteroatoms. The van der Waals surface area contributed by atoms with Crippen molar-refractivity contribution in [3.63, 3.8) is 0 Å². The fraction of sp³-hybridized carbons (Fsp3) is 0.400. The first-order valence-electron chi connectivity index (χ1n) is 3.20. The number of ether oxygens (including phenoxy) is 2. The van der Waals surface area contributed by atoms with Crippen LogP contribution in [0.4, 0.5) is 0 Å². The van der Waals surface area contributed by atoms with Crippen LogP contribution in [0.15, 0.2) is 16.6 Å². The van der Waals surface area contributed by atoms with Crippen molar-refractivity contribution in [1.29, 1.82) is 0 Å². The molecule has 2 aliphatic heterocycles. The van der Waals surface area contributed by atoms with E-state index in [2.05, 4.69) is 5.10 Å². The van der Waals surface area contributed by atoms with Crippen molar-refractivity contribution in [2.45, 2.75) is 6.23 Å². The smallest absolute Gasteiger partial charge is 0.232 e. The zero-order chi connectivity index (χ0) is 8.72. The van der Waals surface area contributed by atoms with E-state index >= 15 is 0 Å². The van der Waals surface area contributed by atoms with E-state index in [1.54, 1.807) is 0 Å². The van der Waals surface area contributed by atoms with Gasteiger partial charge in [0.2, 0.25) is 18.8 Å². The molecule has 12 heavy (non-hydrogen) atoms. The lowest BCUT2D eigenvalue weighted by Gasteiger charge is -2.21. The largest absolute Gasteiger partial charge is 0.453 e. The number of aliphatic hydroxyl groups is 1. The van der Waals surface area contributed by atoms with Crippen molar-refractivity contribution in [3.8, 4) is 0 Å². The van der Waals surface area contributed by atoms with Gasteiger partial charge in [0.25, 0.3) is 0 Å². The molecule has 0 fully saturated rings. The van der Waals surface area contributed by atoms with Crippen LogP contribution < -0.4 is 5.73 Å². The predicted molar refractivity (Wildman–Crippen MR) is 35.3 cm³/mol. The molecule has 0 radical (unpaired) electrons. The summed E-state index contributed by atoms with van der Waals surface area (Å²) in [5.74, 6) is 0.258. The molecule has 0 aromatic rings. The molecule has 2 heterocycles. The van der Waals surface area contributed by atoms with Gasteiger partial charge in [0, 0.05) is 0 Å². The number of aliphatic hydroxyl groups excluding tert-OH is 1. The summed E-state index contributed by atoms with van der Waals surface area (Å²) in [5, 5.41) is 21.8. The van der Waals surface area contributed by atoms with Crippen LogP contribution in [0.25, 0.3) is 0 Å². The Morgan fingerprint density at radius 2 is 2.33 bits per heavy atom. The van der Waals surface area contributed by atoms with Crippen molar-refractivity contribution in [2.24, 2.45) is 10.8 Å². The molecule has 0 saturated heterocycles. The number of hydrogen-bond acceptors (Lipinski definition) is 7. The maximum absolute atomic E-state index is 9.22. The summed E-state index contributed by atoms with van der Waals surface area (Å²) in [7, 11) is 0. The monoisotopic (exact) mass is 173 g/mol. The minimum Gasteiger partial charge on any atom is -0.453 e. The van der Waals surface area contributed by atoms with E-state index < -0.39 is 6.23 Å². The van der Waals surface area contributed by atoms with Gasteiger partial charge in [-0.05, 0) is 0 Å². The molecule has 0 amide bonds. The van der Waals surface area contributed by atoms with Crippen molar-refractivity contribution >= 4 is 5.84 Å². The van der Waals surface area contributed by atoms with Gasteiger partial charge < -0.3 is 20.3 Å². The quantitative estimate of drug-likeness (QED) is 0.412. The van der Waals surface area contributed by atoms with Gasteiger partial charge >= 0.3 is 0 Å². The van der Waals surface area contributed by atoms with Gasteiger partial charge in [-0.3, -0.25) is 5.21 Å². The Bertz CT molecular complexity index is 274. The number of hydroxylamine groups is 1. The third-order valence-electron chi connectivity index (χ3n) is 1.54. The molecule has 2 rings (SSSR count). The van der Waals surface area contributed by atoms with Gasteiger partial charge in [0.15, 0.2) is 11.6 Å². The summed E-state index contributed by atoms with van der Waals surface area (Å²) in [4.78, 5) is 0. The molecule has 4 N–H and O–H groups in total. The molecular weight excluding hydrogens is 166 g/mol. The topological polar surface area (TPSA) is 101 Å². The van der Waals surface area contributed by atoms with Crippen molar-refractivity contribution in [2.75, 3.05) is 6.79 Å². The Hall–Kier alpha value is -1.47. The summed E-state index contributed by atoms with van der Waals surface area (Å²) in [5.41, 5.74) is 5.35. The summed E-state index contributed by atoms with van der Waals surface area (Å²) in [6.45, 7) is -0.0220. The first-order valence-corrected chi connectivity index (χ1v) is 3.20. The molecule has 0 aromatic heterocycles. The van der Waals surface area contributed by atoms with E-state index in [9.17, 15) is 5.11 Å². The first-order chi connectivity index (χ1) is 5.70. The van der Waals surface area contributed by atoms with E-state index in [1.807, 2.05) is 0 Å². The van der Waals surface area contributed by atoms with Crippen molar-refractivity contribution in [3.05, 3.63) is 11.5 Å². The summed E-state index contributed by atoms with van der Waals surface area (Å²) in [6, 6.07) is 0. The van der Waals surface area contributed by atoms with E-state index in [4.69, 9.17) is 20.4 Å². The summed E-state index contributed by atoms with van der Waals surface area (Å²) >= 11 is 0. The highest BCUT2D eigenvalue weighted by atomic mass is 16.7. The summed E-state index contributed by atoms with van der Waals surface area (Å²) in [6.07, 6.45) is -1.34. The van der Waals surface area contributed by atoms with E-state index in [1.165, 1.54) is 0 Å². The van der Waals surface area contributed by atoms with Crippen LogP contribution in [0.1, 0.15) is 0 Å². The van der Waals surface area contributed by atoms with Gasteiger partial charge in [-0.25, -0.2) is 0 Å². The lowest BCUT2D eigenvalue weighted by molar-refractivity contribution is -0.194. The number of rotatable bonds is 0.